The molecule has 3 nitrogen and oxygen atoms in total. The molecule has 1 aromatic heterocycles. The molecule has 4 heteroatoms. The summed E-state index contributed by atoms with van der Waals surface area (Å²) in [5.41, 5.74) is 4.79. The summed E-state index contributed by atoms with van der Waals surface area (Å²) in [6, 6.07) is 19.2. The fraction of sp³-hybridized carbons (Fsp3) is 0.227. The number of aromatic nitrogens is 2. The molecule has 1 aliphatic heterocycles. The van der Waals surface area contributed by atoms with Crippen LogP contribution in [-0.4, -0.2) is 9.78 Å². The first-order chi connectivity index (χ1) is 12.5. The molecule has 0 amide bonds. The number of anilines is 1. The Labute approximate surface area is 159 Å². The molecule has 0 aliphatic carbocycles. The minimum Gasteiger partial charge on any atom is -0.339 e. The van der Waals surface area contributed by atoms with Crippen molar-refractivity contribution in [2.24, 2.45) is 0 Å². The van der Waals surface area contributed by atoms with E-state index in [1.807, 2.05) is 24.0 Å². The quantitative estimate of drug-likeness (QED) is 0.606. The molecule has 2 heterocycles. The van der Waals surface area contributed by atoms with E-state index < -0.39 is 0 Å². The zero-order valence-electron chi connectivity index (χ0n) is 15.4. The van der Waals surface area contributed by atoms with Gasteiger partial charge in [0.25, 0.3) is 0 Å². The summed E-state index contributed by atoms with van der Waals surface area (Å²) in [5.74, 6) is 2.01. The molecule has 0 atom stereocenters. The molecular weight excluding hydrogens is 338 g/mol. The van der Waals surface area contributed by atoms with Crippen LogP contribution in [0.4, 0.5) is 5.82 Å². The molecule has 0 unspecified atom stereocenters. The van der Waals surface area contributed by atoms with Crippen molar-refractivity contribution in [1.82, 2.24) is 9.78 Å². The Hall–Kier alpha value is -2.46. The second-order valence-electron chi connectivity index (χ2n) is 7.25. The van der Waals surface area contributed by atoms with Crippen LogP contribution in [0.5, 0.6) is 0 Å². The third-order valence-electron chi connectivity index (χ3n) is 4.63. The van der Waals surface area contributed by atoms with Gasteiger partial charge >= 0.3 is 0 Å². The van der Waals surface area contributed by atoms with Crippen LogP contribution in [0.2, 0.25) is 0 Å². The van der Waals surface area contributed by atoms with Gasteiger partial charge in [-0.15, -0.1) is 11.8 Å². The molecule has 132 valence electrons. The molecular formula is C22H23N3S. The average molecular weight is 362 g/mol. The molecule has 0 radical (unpaired) electrons. The molecule has 4 rings (SSSR count). The van der Waals surface area contributed by atoms with Crippen molar-refractivity contribution in [1.29, 1.82) is 0 Å². The third-order valence-corrected chi connectivity index (χ3v) is 5.72. The van der Waals surface area contributed by atoms with Crippen LogP contribution in [0.15, 0.2) is 71.8 Å². The van der Waals surface area contributed by atoms with E-state index in [4.69, 9.17) is 0 Å². The minimum absolute atomic E-state index is 0.172. The normalized spacial score (nSPS) is 15.1. The lowest BCUT2D eigenvalue weighted by molar-refractivity contribution is 0.408. The van der Waals surface area contributed by atoms with Crippen LogP contribution >= 0.6 is 11.8 Å². The Bertz CT molecular complexity index is 937. The van der Waals surface area contributed by atoms with Gasteiger partial charge in [0.15, 0.2) is 0 Å². The highest BCUT2D eigenvalue weighted by atomic mass is 32.2. The van der Waals surface area contributed by atoms with Crippen molar-refractivity contribution in [2.45, 2.75) is 37.0 Å². The predicted octanol–water partition coefficient (Wildman–Crippen LogP) is 5.69. The van der Waals surface area contributed by atoms with Gasteiger partial charge in [0, 0.05) is 11.4 Å². The molecule has 1 aliphatic rings. The molecule has 2 aromatic carbocycles. The number of allylic oxidation sites excluding steroid dienone is 1. The number of aryl methyl sites for hydroxylation is 1. The predicted molar refractivity (Wildman–Crippen MR) is 110 cm³/mol. The monoisotopic (exact) mass is 361 g/mol. The van der Waals surface area contributed by atoms with Gasteiger partial charge in [0.05, 0.1) is 16.6 Å². The number of nitrogens with zero attached hydrogens (tertiary/aromatic N) is 2. The molecule has 0 saturated heterocycles. The van der Waals surface area contributed by atoms with Crippen LogP contribution in [0, 0.1) is 6.92 Å². The Morgan fingerprint density at radius 2 is 1.77 bits per heavy atom. The molecule has 0 fully saturated rings. The van der Waals surface area contributed by atoms with Gasteiger partial charge in [-0.3, -0.25) is 0 Å². The smallest absolute Gasteiger partial charge is 0.143 e. The Kier molecular flexibility index (Phi) is 4.37. The Morgan fingerprint density at radius 1 is 1.04 bits per heavy atom. The van der Waals surface area contributed by atoms with Crippen molar-refractivity contribution in [2.75, 3.05) is 5.32 Å². The summed E-state index contributed by atoms with van der Waals surface area (Å²) >= 11 is 1.83. The zero-order chi connectivity index (χ0) is 18.1. The number of fused-ring (bicyclic) bond motifs is 1. The van der Waals surface area contributed by atoms with Crippen molar-refractivity contribution in [3.63, 3.8) is 0 Å². The second-order valence-corrected chi connectivity index (χ2v) is 8.26. The summed E-state index contributed by atoms with van der Waals surface area (Å²) in [7, 11) is 0. The van der Waals surface area contributed by atoms with E-state index >= 15 is 0 Å². The topological polar surface area (TPSA) is 29.9 Å². The second kappa shape index (κ2) is 6.69. The van der Waals surface area contributed by atoms with E-state index in [2.05, 4.69) is 90.5 Å². The van der Waals surface area contributed by atoms with Gasteiger partial charge in [-0.2, -0.15) is 5.10 Å². The van der Waals surface area contributed by atoms with E-state index in [-0.39, 0.29) is 5.54 Å². The van der Waals surface area contributed by atoms with E-state index in [1.54, 1.807) is 0 Å². The summed E-state index contributed by atoms with van der Waals surface area (Å²) in [6.45, 7) is 6.51. The highest BCUT2D eigenvalue weighted by Gasteiger charge is 2.29. The number of benzene rings is 2. The van der Waals surface area contributed by atoms with E-state index in [9.17, 15) is 0 Å². The first kappa shape index (κ1) is 17.0. The molecule has 0 saturated carbocycles. The van der Waals surface area contributed by atoms with Crippen molar-refractivity contribution in [3.8, 4) is 0 Å². The maximum absolute atomic E-state index is 4.65. The van der Waals surface area contributed by atoms with Gasteiger partial charge in [-0.05, 0) is 38.0 Å². The van der Waals surface area contributed by atoms with Crippen LogP contribution < -0.4 is 5.32 Å². The Morgan fingerprint density at radius 3 is 2.50 bits per heavy atom. The molecule has 0 bridgehead atoms. The third kappa shape index (κ3) is 3.29. The van der Waals surface area contributed by atoms with Crippen LogP contribution in [0.1, 0.15) is 30.5 Å². The van der Waals surface area contributed by atoms with Crippen LogP contribution in [0.3, 0.4) is 0 Å². The lowest BCUT2D eigenvalue weighted by Crippen LogP contribution is -2.31. The average Bonchev–Trinajstić information content (AvgIpc) is 3.06. The summed E-state index contributed by atoms with van der Waals surface area (Å²) in [6.07, 6.45) is 4.22. The standard InChI is InChI=1S/C22H23N3S/c1-16-9-11-17(12-10-16)15-26-20-14-23-25-21(20)24-19(13-22(25,2)3)18-7-5-4-6-8-18/h4-14,24H,15H2,1-3H3. The van der Waals surface area contributed by atoms with Crippen molar-refractivity contribution in [3.05, 3.63) is 83.6 Å². The summed E-state index contributed by atoms with van der Waals surface area (Å²) in [4.78, 5) is 1.18. The Balaban J connectivity index is 1.60. The van der Waals surface area contributed by atoms with Crippen molar-refractivity contribution < 1.29 is 0 Å². The molecule has 26 heavy (non-hydrogen) atoms. The first-order valence-electron chi connectivity index (χ1n) is 8.85. The molecule has 1 N–H and O–H groups in total. The lowest BCUT2D eigenvalue weighted by atomic mass is 9.99. The van der Waals surface area contributed by atoms with Crippen molar-refractivity contribution >= 4 is 23.3 Å². The molecule has 0 spiro atoms. The van der Waals surface area contributed by atoms with E-state index in [0.717, 1.165) is 17.3 Å². The maximum atomic E-state index is 4.65. The highest BCUT2D eigenvalue weighted by Crippen LogP contribution is 2.39. The van der Waals surface area contributed by atoms with E-state index in [1.165, 1.54) is 21.6 Å². The van der Waals surface area contributed by atoms with Gasteiger partial charge in [-0.25, -0.2) is 4.68 Å². The van der Waals surface area contributed by atoms with E-state index in [0.29, 0.717) is 0 Å². The number of hydrogen-bond donors (Lipinski definition) is 1. The largest absolute Gasteiger partial charge is 0.339 e. The van der Waals surface area contributed by atoms with Gasteiger partial charge < -0.3 is 5.32 Å². The number of nitrogens with one attached hydrogen (secondary N) is 1. The minimum atomic E-state index is -0.172. The fourth-order valence-electron chi connectivity index (χ4n) is 3.19. The first-order valence-corrected chi connectivity index (χ1v) is 9.84. The zero-order valence-corrected chi connectivity index (χ0v) is 16.2. The SMILES string of the molecule is Cc1ccc(CSc2cnn3c2NC(c2ccccc2)=CC3(C)C)cc1. The van der Waals surface area contributed by atoms with Crippen LogP contribution in [0.25, 0.3) is 5.70 Å². The molecule has 3 aromatic rings. The summed E-state index contributed by atoms with van der Waals surface area (Å²) < 4.78 is 2.08. The summed E-state index contributed by atoms with van der Waals surface area (Å²) in [5, 5.41) is 8.26. The van der Waals surface area contributed by atoms with Gasteiger partial charge in [0.2, 0.25) is 0 Å². The lowest BCUT2D eigenvalue weighted by Gasteiger charge is -2.31. The van der Waals surface area contributed by atoms with Gasteiger partial charge in [0.1, 0.15) is 5.82 Å². The fourth-order valence-corrected chi connectivity index (χ4v) is 4.10. The van der Waals surface area contributed by atoms with Gasteiger partial charge in [-0.1, -0.05) is 60.2 Å². The maximum Gasteiger partial charge on any atom is 0.143 e. The van der Waals surface area contributed by atoms with Crippen LogP contribution in [-0.2, 0) is 11.3 Å². The number of rotatable bonds is 4. The highest BCUT2D eigenvalue weighted by molar-refractivity contribution is 7.98. The number of thioether (sulfide) groups is 1. The number of hydrogen-bond acceptors (Lipinski definition) is 3.